The molecule has 2 amide bonds. The number of carbonyl (C=O) groups excluding carboxylic acids is 2. The highest BCUT2D eigenvalue weighted by atomic mass is 19.2. The van der Waals surface area contributed by atoms with Crippen LogP contribution in [-0.4, -0.2) is 49.4 Å². The Balaban J connectivity index is 1.93. The molecule has 1 aliphatic carbocycles. The van der Waals surface area contributed by atoms with Crippen molar-refractivity contribution in [1.29, 1.82) is 0 Å². The average Bonchev–Trinajstić information content (AvgIpc) is 2.67. The molecule has 8 heteroatoms. The van der Waals surface area contributed by atoms with Crippen molar-refractivity contribution in [3.8, 4) is 0 Å². The van der Waals surface area contributed by atoms with Crippen molar-refractivity contribution in [2.24, 2.45) is 0 Å². The Bertz CT molecular complexity index is 693. The number of rotatable bonds is 6. The van der Waals surface area contributed by atoms with E-state index in [0.717, 1.165) is 37.8 Å². The number of halogens is 3. The summed E-state index contributed by atoms with van der Waals surface area (Å²) in [4.78, 5) is 27.2. The van der Waals surface area contributed by atoms with Crippen LogP contribution in [0.5, 0.6) is 0 Å². The van der Waals surface area contributed by atoms with Gasteiger partial charge in [-0.3, -0.25) is 9.59 Å². The third kappa shape index (κ3) is 5.22. The van der Waals surface area contributed by atoms with Crippen LogP contribution in [0.15, 0.2) is 12.1 Å². The molecule has 1 saturated carbocycles. The van der Waals surface area contributed by atoms with E-state index in [-0.39, 0.29) is 18.5 Å². The minimum absolute atomic E-state index is 0.0498. The molecule has 2 N–H and O–H groups in total. The zero-order valence-electron chi connectivity index (χ0n) is 15.9. The van der Waals surface area contributed by atoms with Crippen LogP contribution in [0.25, 0.3) is 0 Å². The summed E-state index contributed by atoms with van der Waals surface area (Å²) < 4.78 is 39.9. The maximum absolute atomic E-state index is 13.7. The second-order valence-corrected chi connectivity index (χ2v) is 7.26. The van der Waals surface area contributed by atoms with Gasteiger partial charge < -0.3 is 15.1 Å². The summed E-state index contributed by atoms with van der Waals surface area (Å²) in [6, 6.07) is 1.48. The number of amides is 2. The van der Waals surface area contributed by atoms with Crippen molar-refractivity contribution < 1.29 is 27.7 Å². The quantitative estimate of drug-likeness (QED) is 0.732. The highest BCUT2D eigenvalue weighted by Gasteiger charge is 2.31. The first-order valence-electron chi connectivity index (χ1n) is 9.24. The Kier molecular flexibility index (Phi) is 7.24. The van der Waals surface area contributed by atoms with Crippen molar-refractivity contribution >= 4 is 17.5 Å². The normalized spacial score (nSPS) is 17.3. The van der Waals surface area contributed by atoms with Crippen LogP contribution in [0, 0.1) is 17.5 Å². The van der Waals surface area contributed by atoms with Gasteiger partial charge in [0.15, 0.2) is 30.0 Å². The number of nitrogens with zero attached hydrogens (tertiary/aromatic N) is 1. The number of nitrogens with one attached hydrogen (secondary N) is 2. The highest BCUT2D eigenvalue weighted by Crippen LogP contribution is 2.22. The molecule has 1 aromatic rings. The van der Waals surface area contributed by atoms with Gasteiger partial charge in [-0.25, -0.2) is 13.2 Å². The summed E-state index contributed by atoms with van der Waals surface area (Å²) in [5.74, 6) is -5.03. The van der Waals surface area contributed by atoms with Crippen molar-refractivity contribution in [3.63, 3.8) is 0 Å². The fourth-order valence-corrected chi connectivity index (χ4v) is 3.39. The van der Waals surface area contributed by atoms with E-state index in [2.05, 4.69) is 5.32 Å². The molecule has 2 rings (SSSR count). The monoisotopic (exact) mass is 386 g/mol. The van der Waals surface area contributed by atoms with Crippen LogP contribution < -0.4 is 10.2 Å². The minimum atomic E-state index is -1.63. The predicted molar refractivity (Wildman–Crippen MR) is 95.8 cm³/mol. The number of likely N-dealkylation sites (N-methyl/N-ethyl adjacent to an activating group) is 2. The van der Waals surface area contributed by atoms with E-state index in [0.29, 0.717) is 4.90 Å². The fourth-order valence-electron chi connectivity index (χ4n) is 3.39. The Labute approximate surface area is 157 Å². The van der Waals surface area contributed by atoms with Crippen molar-refractivity contribution in [2.45, 2.75) is 51.1 Å². The number of hydrogen-bond donors (Lipinski definition) is 2. The lowest BCUT2D eigenvalue weighted by Crippen LogP contribution is -3.15. The van der Waals surface area contributed by atoms with Gasteiger partial charge in [0.1, 0.15) is 0 Å². The van der Waals surface area contributed by atoms with E-state index in [1.54, 1.807) is 25.9 Å². The average molecular weight is 386 g/mol. The number of quaternary nitrogens is 1. The van der Waals surface area contributed by atoms with Crippen LogP contribution in [0.2, 0.25) is 0 Å². The van der Waals surface area contributed by atoms with Crippen molar-refractivity contribution in [1.82, 2.24) is 4.90 Å². The Morgan fingerprint density at radius 1 is 1.19 bits per heavy atom. The van der Waals surface area contributed by atoms with Crippen LogP contribution >= 0.6 is 0 Å². The molecule has 1 unspecified atom stereocenters. The van der Waals surface area contributed by atoms with Gasteiger partial charge in [0, 0.05) is 13.1 Å². The topological polar surface area (TPSA) is 53.9 Å². The molecule has 1 fully saturated rings. The fraction of sp³-hybridized carbons (Fsp3) is 0.579. The molecule has 0 radical (unpaired) electrons. The molecule has 1 aromatic carbocycles. The SMILES string of the molecule is C[C@@H](C(=O)N(C)C1CCCCC1)[NH+](C)CC(=O)Nc1ccc(F)c(F)c1F. The van der Waals surface area contributed by atoms with E-state index in [4.69, 9.17) is 0 Å². The van der Waals surface area contributed by atoms with Crippen molar-refractivity contribution in [2.75, 3.05) is 26.0 Å². The minimum Gasteiger partial charge on any atom is -0.338 e. The first-order chi connectivity index (χ1) is 12.7. The number of benzene rings is 1. The summed E-state index contributed by atoms with van der Waals surface area (Å²) in [6.45, 7) is 1.63. The van der Waals surface area contributed by atoms with Gasteiger partial charge in [-0.1, -0.05) is 19.3 Å². The molecular formula is C19H27F3N3O2+. The molecule has 1 aliphatic rings. The lowest BCUT2D eigenvalue weighted by molar-refractivity contribution is -0.886. The summed E-state index contributed by atoms with van der Waals surface area (Å²) in [7, 11) is 3.48. The Morgan fingerprint density at radius 3 is 2.44 bits per heavy atom. The van der Waals surface area contributed by atoms with Gasteiger partial charge in [-0.2, -0.15) is 0 Å². The first kappa shape index (κ1) is 21.2. The third-order valence-electron chi connectivity index (χ3n) is 5.33. The standard InChI is InChI=1S/C19H26F3N3O2/c1-12(19(27)25(3)13-7-5-4-6-8-13)24(2)11-16(26)23-15-10-9-14(20)17(21)18(15)22/h9-10,12-13H,4-8,11H2,1-3H3,(H,23,26)/p+1/t12-/m0/s1. The molecule has 150 valence electrons. The first-order valence-corrected chi connectivity index (χ1v) is 9.24. The summed E-state index contributed by atoms with van der Waals surface area (Å²) in [5.41, 5.74) is -0.426. The lowest BCUT2D eigenvalue weighted by Gasteiger charge is -2.33. The summed E-state index contributed by atoms with van der Waals surface area (Å²) >= 11 is 0. The maximum Gasteiger partial charge on any atom is 0.280 e. The van der Waals surface area contributed by atoms with Gasteiger partial charge >= 0.3 is 0 Å². The van der Waals surface area contributed by atoms with Crippen LogP contribution in [0.3, 0.4) is 0 Å². The molecular weight excluding hydrogens is 359 g/mol. The van der Waals surface area contributed by atoms with Gasteiger partial charge in [0.05, 0.1) is 12.7 Å². The molecule has 0 heterocycles. The second-order valence-electron chi connectivity index (χ2n) is 7.26. The molecule has 0 bridgehead atoms. The summed E-state index contributed by atoms with van der Waals surface area (Å²) in [6.07, 6.45) is 5.40. The largest absolute Gasteiger partial charge is 0.338 e. The summed E-state index contributed by atoms with van der Waals surface area (Å²) in [5, 5.41) is 2.23. The molecule has 0 aliphatic heterocycles. The molecule has 2 atom stereocenters. The number of anilines is 1. The molecule has 27 heavy (non-hydrogen) atoms. The Hall–Kier alpha value is -2.09. The highest BCUT2D eigenvalue weighted by molar-refractivity contribution is 5.91. The van der Waals surface area contributed by atoms with Crippen molar-refractivity contribution in [3.05, 3.63) is 29.6 Å². The molecule has 0 saturated heterocycles. The predicted octanol–water partition coefficient (Wildman–Crippen LogP) is 1.74. The van der Waals surface area contributed by atoms with E-state index >= 15 is 0 Å². The van der Waals surface area contributed by atoms with Gasteiger partial charge in [0.2, 0.25) is 0 Å². The van der Waals surface area contributed by atoms with Gasteiger partial charge in [0.25, 0.3) is 11.8 Å². The van der Waals surface area contributed by atoms with Gasteiger partial charge in [-0.05, 0) is 31.9 Å². The lowest BCUT2D eigenvalue weighted by atomic mass is 9.94. The molecule has 0 aromatic heterocycles. The number of carbonyl (C=O) groups is 2. The van der Waals surface area contributed by atoms with E-state index < -0.39 is 35.1 Å². The molecule has 5 nitrogen and oxygen atoms in total. The van der Waals surface area contributed by atoms with E-state index in [9.17, 15) is 22.8 Å². The van der Waals surface area contributed by atoms with Crippen LogP contribution in [0.4, 0.5) is 18.9 Å². The van der Waals surface area contributed by atoms with Gasteiger partial charge in [-0.15, -0.1) is 0 Å². The van der Waals surface area contributed by atoms with E-state index in [1.807, 2.05) is 0 Å². The Morgan fingerprint density at radius 2 is 1.81 bits per heavy atom. The smallest absolute Gasteiger partial charge is 0.280 e. The zero-order chi connectivity index (χ0) is 20.1. The molecule has 0 spiro atoms. The maximum atomic E-state index is 13.7. The van der Waals surface area contributed by atoms with Crippen LogP contribution in [-0.2, 0) is 9.59 Å². The van der Waals surface area contributed by atoms with E-state index in [1.165, 1.54) is 6.42 Å². The second kappa shape index (κ2) is 9.21. The zero-order valence-corrected chi connectivity index (χ0v) is 15.9. The number of hydrogen-bond acceptors (Lipinski definition) is 2. The van der Waals surface area contributed by atoms with Crippen LogP contribution in [0.1, 0.15) is 39.0 Å². The third-order valence-corrected chi connectivity index (χ3v) is 5.33.